The second-order valence-electron chi connectivity index (χ2n) is 5.83. The molecular weight excluding hydrogens is 354 g/mol. The number of nitrogens with zero attached hydrogens (tertiary/aromatic N) is 2. The first-order valence-corrected chi connectivity index (χ1v) is 9.68. The average molecular weight is 374 g/mol. The molecule has 0 fully saturated rings. The highest BCUT2D eigenvalue weighted by Crippen LogP contribution is 2.24. The summed E-state index contributed by atoms with van der Waals surface area (Å²) in [5, 5.41) is 8.37. The number of carbonyl (C=O) groups is 1. The molecule has 0 unspecified atom stereocenters. The Hall–Kier alpha value is -2.25. The van der Waals surface area contributed by atoms with Crippen LogP contribution in [0.2, 0.25) is 0 Å². The Morgan fingerprint density at radius 3 is 2.68 bits per heavy atom. The van der Waals surface area contributed by atoms with Gasteiger partial charge in [-0.1, -0.05) is 26.0 Å². The molecule has 0 atom stereocenters. The largest absolute Gasteiger partial charge is 0.486 e. The summed E-state index contributed by atoms with van der Waals surface area (Å²) in [5.74, 6) is 0.639. The van der Waals surface area contributed by atoms with Gasteiger partial charge in [0.05, 0.1) is 22.0 Å². The number of rotatable bonds is 6. The average Bonchev–Trinajstić information content (AvgIpc) is 3.22. The minimum Gasteiger partial charge on any atom is -0.486 e. The molecule has 25 heavy (non-hydrogen) atoms. The van der Waals surface area contributed by atoms with Gasteiger partial charge in [-0.15, -0.1) is 22.7 Å². The molecule has 0 bridgehead atoms. The van der Waals surface area contributed by atoms with E-state index in [0.717, 1.165) is 16.4 Å². The highest BCUT2D eigenvalue weighted by molar-refractivity contribution is 7.14. The van der Waals surface area contributed by atoms with Gasteiger partial charge in [0.25, 0.3) is 5.91 Å². The number of para-hydroxylation sites is 1. The molecule has 3 rings (SSSR count). The van der Waals surface area contributed by atoms with E-state index < -0.39 is 0 Å². The van der Waals surface area contributed by atoms with Gasteiger partial charge in [0, 0.05) is 10.8 Å². The van der Waals surface area contributed by atoms with E-state index in [0.29, 0.717) is 29.0 Å². The summed E-state index contributed by atoms with van der Waals surface area (Å²) in [4.78, 5) is 21.4. The molecule has 3 aromatic rings. The van der Waals surface area contributed by atoms with Crippen LogP contribution in [0.4, 0.5) is 5.13 Å². The number of amides is 1. The van der Waals surface area contributed by atoms with Gasteiger partial charge in [-0.05, 0) is 25.0 Å². The number of hydrogen-bond acceptors (Lipinski definition) is 6. The van der Waals surface area contributed by atoms with Crippen molar-refractivity contribution in [3.8, 4) is 5.75 Å². The monoisotopic (exact) mass is 373 g/mol. The number of thiazole rings is 2. The van der Waals surface area contributed by atoms with Crippen LogP contribution in [0.15, 0.2) is 35.0 Å². The molecule has 0 saturated heterocycles. The van der Waals surface area contributed by atoms with Crippen LogP contribution in [-0.4, -0.2) is 15.9 Å². The number of nitrogens with one attached hydrogen (secondary N) is 1. The molecule has 0 aliphatic heterocycles. The van der Waals surface area contributed by atoms with Crippen molar-refractivity contribution in [3.63, 3.8) is 0 Å². The van der Waals surface area contributed by atoms with E-state index in [1.807, 2.05) is 29.8 Å². The van der Waals surface area contributed by atoms with E-state index in [4.69, 9.17) is 4.74 Å². The summed E-state index contributed by atoms with van der Waals surface area (Å²) in [6.07, 6.45) is 0. The van der Waals surface area contributed by atoms with Crippen LogP contribution in [0.5, 0.6) is 5.75 Å². The van der Waals surface area contributed by atoms with E-state index in [9.17, 15) is 4.79 Å². The smallest absolute Gasteiger partial charge is 0.261 e. The summed E-state index contributed by atoms with van der Waals surface area (Å²) in [6.45, 7) is 6.44. The van der Waals surface area contributed by atoms with E-state index in [2.05, 4.69) is 29.1 Å². The standard InChI is InChI=1S/C18H19N3O2S2/c1-11(2)15-10-25-18(20-15)21-17(22)14-6-4-5-7-16(14)23-8-13-9-24-12(3)19-13/h4-7,9-11H,8H2,1-3H3,(H,20,21,22). The molecule has 0 aliphatic carbocycles. The van der Waals surface area contributed by atoms with Gasteiger partial charge in [0.15, 0.2) is 5.13 Å². The quantitative estimate of drug-likeness (QED) is 0.670. The number of carbonyl (C=O) groups excluding carboxylic acids is 1. The van der Waals surface area contributed by atoms with Gasteiger partial charge < -0.3 is 4.74 Å². The molecular formula is C18H19N3O2S2. The normalized spacial score (nSPS) is 10.9. The fraction of sp³-hybridized carbons (Fsp3) is 0.278. The zero-order valence-corrected chi connectivity index (χ0v) is 15.9. The SMILES string of the molecule is Cc1nc(COc2ccccc2C(=O)Nc2nc(C(C)C)cs2)cs1. The number of anilines is 1. The Kier molecular flexibility index (Phi) is 5.45. The summed E-state index contributed by atoms with van der Waals surface area (Å²) >= 11 is 3.01. The highest BCUT2D eigenvalue weighted by atomic mass is 32.1. The zero-order valence-electron chi connectivity index (χ0n) is 14.3. The summed E-state index contributed by atoms with van der Waals surface area (Å²) < 4.78 is 5.81. The molecule has 7 heteroatoms. The molecule has 130 valence electrons. The zero-order chi connectivity index (χ0) is 17.8. The number of hydrogen-bond donors (Lipinski definition) is 1. The second kappa shape index (κ2) is 7.76. The summed E-state index contributed by atoms with van der Waals surface area (Å²) in [5.41, 5.74) is 2.32. The van der Waals surface area contributed by atoms with Gasteiger partial charge in [0.2, 0.25) is 0 Å². The van der Waals surface area contributed by atoms with Crippen LogP contribution in [0.1, 0.15) is 46.5 Å². The van der Waals surface area contributed by atoms with Crippen LogP contribution in [0, 0.1) is 6.92 Å². The highest BCUT2D eigenvalue weighted by Gasteiger charge is 2.15. The molecule has 2 aromatic heterocycles. The van der Waals surface area contributed by atoms with Crippen LogP contribution in [0.25, 0.3) is 0 Å². The van der Waals surface area contributed by atoms with Gasteiger partial charge in [-0.2, -0.15) is 0 Å². The minimum absolute atomic E-state index is 0.227. The molecule has 0 aliphatic rings. The van der Waals surface area contributed by atoms with E-state index in [1.54, 1.807) is 23.5 Å². The lowest BCUT2D eigenvalue weighted by Crippen LogP contribution is -2.13. The van der Waals surface area contributed by atoms with E-state index in [-0.39, 0.29) is 5.91 Å². The van der Waals surface area contributed by atoms with Gasteiger partial charge in [-0.3, -0.25) is 10.1 Å². The number of aryl methyl sites for hydroxylation is 1. The fourth-order valence-corrected chi connectivity index (χ4v) is 3.64. The lowest BCUT2D eigenvalue weighted by molar-refractivity contribution is 0.102. The maximum Gasteiger partial charge on any atom is 0.261 e. The molecule has 0 radical (unpaired) electrons. The third-order valence-electron chi connectivity index (χ3n) is 3.51. The lowest BCUT2D eigenvalue weighted by atomic mass is 10.2. The first-order chi connectivity index (χ1) is 12.0. The predicted molar refractivity (Wildman–Crippen MR) is 102 cm³/mol. The van der Waals surface area contributed by atoms with Gasteiger partial charge in [0.1, 0.15) is 12.4 Å². The topological polar surface area (TPSA) is 64.1 Å². The number of aromatic nitrogens is 2. The Bertz CT molecular complexity index is 871. The van der Waals surface area contributed by atoms with Crippen LogP contribution < -0.4 is 10.1 Å². The molecule has 2 heterocycles. The molecule has 1 aromatic carbocycles. The second-order valence-corrected chi connectivity index (χ2v) is 7.75. The Morgan fingerprint density at radius 2 is 2.00 bits per heavy atom. The van der Waals surface area contributed by atoms with Gasteiger partial charge >= 0.3 is 0 Å². The van der Waals surface area contributed by atoms with E-state index in [1.165, 1.54) is 11.3 Å². The van der Waals surface area contributed by atoms with E-state index >= 15 is 0 Å². The van der Waals surface area contributed by atoms with Crippen molar-refractivity contribution in [3.05, 3.63) is 57.0 Å². The number of benzene rings is 1. The molecule has 0 spiro atoms. The predicted octanol–water partition coefficient (Wildman–Crippen LogP) is 4.86. The molecule has 0 saturated carbocycles. The maximum atomic E-state index is 12.6. The minimum atomic E-state index is -0.227. The van der Waals surface area contributed by atoms with Gasteiger partial charge in [-0.25, -0.2) is 9.97 Å². The van der Waals surface area contributed by atoms with Crippen molar-refractivity contribution in [2.45, 2.75) is 33.3 Å². The van der Waals surface area contributed by atoms with Crippen LogP contribution >= 0.6 is 22.7 Å². The first-order valence-electron chi connectivity index (χ1n) is 7.92. The Labute approximate surface area is 154 Å². The molecule has 1 N–H and O–H groups in total. The van der Waals surface area contributed by atoms with Crippen molar-refractivity contribution < 1.29 is 9.53 Å². The van der Waals surface area contributed by atoms with Crippen LogP contribution in [-0.2, 0) is 6.61 Å². The van der Waals surface area contributed by atoms with Crippen molar-refractivity contribution in [1.29, 1.82) is 0 Å². The number of ether oxygens (including phenoxy) is 1. The van der Waals surface area contributed by atoms with Crippen LogP contribution in [0.3, 0.4) is 0 Å². The van der Waals surface area contributed by atoms with Crippen molar-refractivity contribution in [2.75, 3.05) is 5.32 Å². The third-order valence-corrected chi connectivity index (χ3v) is 5.11. The molecule has 1 amide bonds. The molecule has 5 nitrogen and oxygen atoms in total. The van der Waals surface area contributed by atoms with Crippen molar-refractivity contribution in [1.82, 2.24) is 9.97 Å². The Balaban J connectivity index is 1.71. The first kappa shape index (κ1) is 17.6. The maximum absolute atomic E-state index is 12.6. The van der Waals surface area contributed by atoms with Crippen molar-refractivity contribution in [2.24, 2.45) is 0 Å². The van der Waals surface area contributed by atoms with Crippen molar-refractivity contribution >= 4 is 33.7 Å². The Morgan fingerprint density at radius 1 is 1.20 bits per heavy atom. The lowest BCUT2D eigenvalue weighted by Gasteiger charge is -2.10. The summed E-state index contributed by atoms with van der Waals surface area (Å²) in [6, 6.07) is 7.19. The fourth-order valence-electron chi connectivity index (χ4n) is 2.18. The summed E-state index contributed by atoms with van der Waals surface area (Å²) in [7, 11) is 0. The third kappa shape index (κ3) is 4.43.